The summed E-state index contributed by atoms with van der Waals surface area (Å²) in [4.78, 5) is 7.38. The number of halogens is 2. The summed E-state index contributed by atoms with van der Waals surface area (Å²) in [6, 6.07) is 2.31. The van der Waals surface area contributed by atoms with Gasteiger partial charge in [-0.05, 0) is 12.1 Å². The summed E-state index contributed by atoms with van der Waals surface area (Å²) >= 11 is 3.90. The number of nitrogen functional groups attached to an aromatic ring is 1. The highest BCUT2D eigenvalue weighted by atomic mass is 32.1. The van der Waals surface area contributed by atoms with Crippen LogP contribution in [0.5, 0.6) is 0 Å². The molecule has 3 nitrogen and oxygen atoms in total. The molecule has 1 aromatic carbocycles. The summed E-state index contributed by atoms with van der Waals surface area (Å²) in [6.45, 7) is 0. The highest BCUT2D eigenvalue weighted by Crippen LogP contribution is 2.24. The van der Waals surface area contributed by atoms with Crippen molar-refractivity contribution in [1.82, 2.24) is 9.97 Å². The van der Waals surface area contributed by atoms with Crippen molar-refractivity contribution < 1.29 is 8.78 Å². The SMILES string of the molecule is Nc1nc(S)c2c(F)c(F)ccc2n1. The molecule has 0 saturated carbocycles. The van der Waals surface area contributed by atoms with Crippen LogP contribution in [-0.2, 0) is 0 Å². The molecule has 0 spiro atoms. The number of nitrogens with two attached hydrogens (primary N) is 1. The first-order valence-corrected chi connectivity index (χ1v) is 4.14. The van der Waals surface area contributed by atoms with Gasteiger partial charge >= 0.3 is 0 Å². The Morgan fingerprint density at radius 2 is 1.93 bits per heavy atom. The van der Waals surface area contributed by atoms with E-state index >= 15 is 0 Å². The molecule has 0 aliphatic rings. The minimum atomic E-state index is -1.01. The van der Waals surface area contributed by atoms with Crippen molar-refractivity contribution in [2.24, 2.45) is 0 Å². The van der Waals surface area contributed by atoms with Crippen LogP contribution < -0.4 is 5.73 Å². The first-order chi connectivity index (χ1) is 6.59. The van der Waals surface area contributed by atoms with Gasteiger partial charge in [0.1, 0.15) is 5.03 Å². The van der Waals surface area contributed by atoms with E-state index in [0.29, 0.717) is 0 Å². The van der Waals surface area contributed by atoms with E-state index in [-0.39, 0.29) is 21.9 Å². The first-order valence-electron chi connectivity index (χ1n) is 3.70. The van der Waals surface area contributed by atoms with Crippen LogP contribution >= 0.6 is 12.6 Å². The molecule has 0 aliphatic heterocycles. The molecule has 0 atom stereocenters. The summed E-state index contributed by atoms with van der Waals surface area (Å²) in [5.74, 6) is -1.98. The quantitative estimate of drug-likeness (QED) is 0.518. The molecule has 6 heteroatoms. The van der Waals surface area contributed by atoms with Crippen molar-refractivity contribution in [3.63, 3.8) is 0 Å². The van der Waals surface area contributed by atoms with Gasteiger partial charge in [0.25, 0.3) is 0 Å². The molecular formula is C8H5F2N3S. The highest BCUT2D eigenvalue weighted by molar-refractivity contribution is 7.80. The molecule has 0 bridgehead atoms. The van der Waals surface area contributed by atoms with Gasteiger partial charge in [-0.2, -0.15) is 0 Å². The van der Waals surface area contributed by atoms with Gasteiger partial charge in [-0.3, -0.25) is 0 Å². The zero-order valence-electron chi connectivity index (χ0n) is 6.83. The van der Waals surface area contributed by atoms with Crippen LogP contribution in [-0.4, -0.2) is 9.97 Å². The first kappa shape index (κ1) is 9.14. The van der Waals surface area contributed by atoms with Gasteiger partial charge in [0.15, 0.2) is 11.6 Å². The van der Waals surface area contributed by atoms with Crippen LogP contribution in [0.25, 0.3) is 10.9 Å². The molecule has 2 rings (SSSR count). The summed E-state index contributed by atoms with van der Waals surface area (Å²) in [6.07, 6.45) is 0. The molecule has 1 heterocycles. The van der Waals surface area contributed by atoms with Crippen LogP contribution in [0.3, 0.4) is 0 Å². The summed E-state index contributed by atoms with van der Waals surface area (Å²) in [5.41, 5.74) is 5.56. The lowest BCUT2D eigenvalue weighted by molar-refractivity contribution is 0.515. The topological polar surface area (TPSA) is 51.8 Å². The van der Waals surface area contributed by atoms with Gasteiger partial charge in [-0.15, -0.1) is 12.6 Å². The standard InChI is InChI=1S/C8H5F2N3S/c9-3-1-2-4-5(6(3)10)7(14)13-8(11)12-4/h1-2H,(H3,11,12,13,14). The third-order valence-electron chi connectivity index (χ3n) is 1.75. The number of anilines is 1. The minimum Gasteiger partial charge on any atom is -0.368 e. The fraction of sp³-hybridized carbons (Fsp3) is 0. The molecule has 1 aromatic heterocycles. The molecule has 14 heavy (non-hydrogen) atoms. The van der Waals surface area contributed by atoms with Crippen molar-refractivity contribution >= 4 is 29.5 Å². The van der Waals surface area contributed by atoms with E-state index in [4.69, 9.17) is 5.73 Å². The number of hydrogen-bond donors (Lipinski definition) is 2. The Hall–Kier alpha value is -1.43. The minimum absolute atomic E-state index is 0.0199. The maximum absolute atomic E-state index is 13.2. The van der Waals surface area contributed by atoms with Crippen molar-refractivity contribution in [3.05, 3.63) is 23.8 Å². The Morgan fingerprint density at radius 1 is 1.21 bits per heavy atom. The van der Waals surface area contributed by atoms with E-state index < -0.39 is 11.6 Å². The van der Waals surface area contributed by atoms with Crippen molar-refractivity contribution in [1.29, 1.82) is 0 Å². The Labute approximate surface area is 83.4 Å². The maximum atomic E-state index is 13.2. The number of thiol groups is 1. The molecule has 0 saturated heterocycles. The molecule has 72 valence electrons. The predicted molar refractivity (Wildman–Crippen MR) is 51.1 cm³/mol. The molecule has 0 aliphatic carbocycles. The predicted octanol–water partition coefficient (Wildman–Crippen LogP) is 1.78. The van der Waals surface area contributed by atoms with Gasteiger partial charge in [0.05, 0.1) is 10.9 Å². The van der Waals surface area contributed by atoms with E-state index in [0.717, 1.165) is 6.07 Å². The number of benzene rings is 1. The fourth-order valence-corrected chi connectivity index (χ4v) is 1.47. The average Bonchev–Trinajstić information content (AvgIpc) is 2.10. The smallest absolute Gasteiger partial charge is 0.221 e. The lowest BCUT2D eigenvalue weighted by Crippen LogP contribution is -1.98. The largest absolute Gasteiger partial charge is 0.368 e. The zero-order valence-corrected chi connectivity index (χ0v) is 7.72. The van der Waals surface area contributed by atoms with Gasteiger partial charge in [0, 0.05) is 0 Å². The second-order valence-electron chi connectivity index (χ2n) is 2.66. The number of hydrogen-bond acceptors (Lipinski definition) is 4. The van der Waals surface area contributed by atoms with Gasteiger partial charge in [-0.25, -0.2) is 18.7 Å². The fourth-order valence-electron chi connectivity index (χ4n) is 1.16. The Balaban J connectivity index is 2.95. The van der Waals surface area contributed by atoms with E-state index in [9.17, 15) is 8.78 Å². The van der Waals surface area contributed by atoms with Gasteiger partial charge in [-0.1, -0.05) is 0 Å². The second-order valence-corrected chi connectivity index (χ2v) is 3.08. The summed E-state index contributed by atoms with van der Waals surface area (Å²) in [7, 11) is 0. The number of nitrogens with zero attached hydrogens (tertiary/aromatic N) is 2. The summed E-state index contributed by atoms with van der Waals surface area (Å²) in [5, 5.41) is -0.0213. The monoisotopic (exact) mass is 213 g/mol. The number of aromatic nitrogens is 2. The second kappa shape index (κ2) is 3.06. The number of fused-ring (bicyclic) bond motifs is 1. The lowest BCUT2D eigenvalue weighted by atomic mass is 10.2. The van der Waals surface area contributed by atoms with E-state index in [2.05, 4.69) is 22.6 Å². The molecule has 0 unspecified atom stereocenters. The van der Waals surface area contributed by atoms with E-state index in [1.807, 2.05) is 0 Å². The third-order valence-corrected chi connectivity index (χ3v) is 2.08. The summed E-state index contributed by atoms with van der Waals surface area (Å²) < 4.78 is 26.1. The van der Waals surface area contributed by atoms with Crippen molar-refractivity contribution in [2.75, 3.05) is 5.73 Å². The highest BCUT2D eigenvalue weighted by Gasteiger charge is 2.12. The van der Waals surface area contributed by atoms with Crippen LogP contribution in [0.15, 0.2) is 17.2 Å². The lowest BCUT2D eigenvalue weighted by Gasteiger charge is -2.02. The molecule has 2 N–H and O–H groups in total. The van der Waals surface area contributed by atoms with Crippen LogP contribution in [0.4, 0.5) is 14.7 Å². The van der Waals surface area contributed by atoms with Crippen LogP contribution in [0.1, 0.15) is 0 Å². The Bertz CT molecular complexity index is 515. The van der Waals surface area contributed by atoms with E-state index in [1.165, 1.54) is 6.07 Å². The van der Waals surface area contributed by atoms with Crippen molar-refractivity contribution in [2.45, 2.75) is 5.03 Å². The molecule has 2 aromatic rings. The average molecular weight is 213 g/mol. The zero-order chi connectivity index (χ0) is 10.3. The third kappa shape index (κ3) is 1.27. The molecule has 0 radical (unpaired) electrons. The van der Waals surface area contributed by atoms with Gasteiger partial charge < -0.3 is 5.73 Å². The van der Waals surface area contributed by atoms with E-state index in [1.54, 1.807) is 0 Å². The van der Waals surface area contributed by atoms with Crippen molar-refractivity contribution in [3.8, 4) is 0 Å². The Morgan fingerprint density at radius 3 is 2.64 bits per heavy atom. The van der Waals surface area contributed by atoms with Crippen LogP contribution in [0.2, 0.25) is 0 Å². The van der Waals surface area contributed by atoms with Crippen LogP contribution in [0, 0.1) is 11.6 Å². The Kier molecular flexibility index (Phi) is 1.99. The number of rotatable bonds is 0. The normalized spacial score (nSPS) is 10.8. The maximum Gasteiger partial charge on any atom is 0.221 e. The molecule has 0 amide bonds. The molecule has 0 fully saturated rings. The van der Waals surface area contributed by atoms with Gasteiger partial charge in [0.2, 0.25) is 5.95 Å². The molecular weight excluding hydrogens is 208 g/mol.